The first-order valence-corrected chi connectivity index (χ1v) is 8.74. The SMILES string of the molecule is CN(C)S(=O)(=O)c1ccc(C=CC(=O)Nc2ccc(Cl)cn2)cc1. The van der Waals surface area contributed by atoms with Gasteiger partial charge in [-0.1, -0.05) is 23.7 Å². The molecule has 8 heteroatoms. The Bertz CT molecular complexity index is 845. The lowest BCUT2D eigenvalue weighted by molar-refractivity contribution is -0.111. The summed E-state index contributed by atoms with van der Waals surface area (Å²) >= 11 is 5.72. The highest BCUT2D eigenvalue weighted by Gasteiger charge is 2.16. The van der Waals surface area contributed by atoms with Gasteiger partial charge in [0.25, 0.3) is 0 Å². The van der Waals surface area contributed by atoms with Crippen LogP contribution in [-0.2, 0) is 14.8 Å². The number of benzene rings is 1. The number of rotatable bonds is 5. The van der Waals surface area contributed by atoms with Gasteiger partial charge in [0, 0.05) is 26.4 Å². The summed E-state index contributed by atoms with van der Waals surface area (Å²) in [5, 5.41) is 3.07. The molecule has 126 valence electrons. The second kappa shape index (κ2) is 7.57. The standard InChI is InChI=1S/C16H16ClN3O3S/c1-20(2)24(22,23)14-7-3-12(4-8-14)5-10-16(21)19-15-9-6-13(17)11-18-15/h3-11H,1-2H3,(H,18,19,21). The lowest BCUT2D eigenvalue weighted by atomic mass is 10.2. The van der Waals surface area contributed by atoms with E-state index in [1.165, 1.54) is 38.5 Å². The van der Waals surface area contributed by atoms with Crippen LogP contribution in [-0.4, -0.2) is 37.7 Å². The van der Waals surface area contributed by atoms with E-state index in [-0.39, 0.29) is 10.8 Å². The van der Waals surface area contributed by atoms with Crippen molar-refractivity contribution in [2.45, 2.75) is 4.90 Å². The van der Waals surface area contributed by atoms with Crippen LogP contribution in [0.4, 0.5) is 5.82 Å². The third-order valence-electron chi connectivity index (χ3n) is 3.06. The summed E-state index contributed by atoms with van der Waals surface area (Å²) in [7, 11) is -0.517. The molecule has 0 aliphatic rings. The number of nitrogens with zero attached hydrogens (tertiary/aromatic N) is 2. The van der Waals surface area contributed by atoms with Gasteiger partial charge >= 0.3 is 0 Å². The second-order valence-electron chi connectivity index (χ2n) is 5.04. The van der Waals surface area contributed by atoms with E-state index in [1.807, 2.05) is 0 Å². The van der Waals surface area contributed by atoms with Crippen molar-refractivity contribution in [2.75, 3.05) is 19.4 Å². The van der Waals surface area contributed by atoms with Crippen LogP contribution in [0.25, 0.3) is 6.08 Å². The second-order valence-corrected chi connectivity index (χ2v) is 7.63. The van der Waals surface area contributed by atoms with Crippen molar-refractivity contribution >= 4 is 39.4 Å². The van der Waals surface area contributed by atoms with E-state index in [4.69, 9.17) is 11.6 Å². The summed E-state index contributed by atoms with van der Waals surface area (Å²) in [6.45, 7) is 0. The zero-order valence-electron chi connectivity index (χ0n) is 13.1. The van der Waals surface area contributed by atoms with Crippen molar-refractivity contribution in [3.63, 3.8) is 0 Å². The van der Waals surface area contributed by atoms with Crippen molar-refractivity contribution in [1.82, 2.24) is 9.29 Å². The number of nitrogens with one attached hydrogen (secondary N) is 1. The molecule has 6 nitrogen and oxygen atoms in total. The lowest BCUT2D eigenvalue weighted by Gasteiger charge is -2.11. The van der Waals surface area contributed by atoms with Crippen molar-refractivity contribution in [3.05, 3.63) is 59.3 Å². The Morgan fingerprint density at radius 3 is 2.38 bits per heavy atom. The summed E-state index contributed by atoms with van der Waals surface area (Å²) < 4.78 is 25.1. The molecule has 0 fully saturated rings. The van der Waals surface area contributed by atoms with Gasteiger partial charge in [0.2, 0.25) is 15.9 Å². The van der Waals surface area contributed by atoms with E-state index in [0.717, 1.165) is 4.31 Å². The molecule has 24 heavy (non-hydrogen) atoms. The molecule has 0 saturated heterocycles. The van der Waals surface area contributed by atoms with Crippen LogP contribution >= 0.6 is 11.6 Å². The molecule has 0 radical (unpaired) electrons. The van der Waals surface area contributed by atoms with Crippen LogP contribution in [0.1, 0.15) is 5.56 Å². The average molecular weight is 366 g/mol. The summed E-state index contributed by atoms with van der Waals surface area (Å²) in [6, 6.07) is 9.45. The van der Waals surface area contributed by atoms with Gasteiger partial charge in [0.05, 0.1) is 9.92 Å². The molecule has 1 aromatic heterocycles. The van der Waals surface area contributed by atoms with E-state index in [2.05, 4.69) is 10.3 Å². The number of amides is 1. The van der Waals surface area contributed by atoms with Crippen LogP contribution in [0.2, 0.25) is 5.02 Å². The number of aromatic nitrogens is 1. The summed E-state index contributed by atoms with van der Waals surface area (Å²) in [5.74, 6) is 0.0382. The largest absolute Gasteiger partial charge is 0.307 e. The Labute approximate surface area is 145 Å². The molecule has 0 aliphatic heterocycles. The number of pyridine rings is 1. The zero-order chi connectivity index (χ0) is 17.7. The number of carbonyl (C=O) groups excluding carboxylic acids is 1. The van der Waals surface area contributed by atoms with Crippen LogP contribution in [0.5, 0.6) is 0 Å². The fraction of sp³-hybridized carbons (Fsp3) is 0.125. The minimum absolute atomic E-state index is 0.194. The normalized spacial score (nSPS) is 11.8. The summed E-state index contributed by atoms with van der Waals surface area (Å²) in [5.41, 5.74) is 0.701. The van der Waals surface area contributed by atoms with E-state index in [9.17, 15) is 13.2 Å². The molecule has 0 bridgehead atoms. The van der Waals surface area contributed by atoms with E-state index < -0.39 is 10.0 Å². The fourth-order valence-electron chi connectivity index (χ4n) is 1.75. The molecule has 0 saturated carbocycles. The predicted molar refractivity (Wildman–Crippen MR) is 94.2 cm³/mol. The number of hydrogen-bond acceptors (Lipinski definition) is 4. The van der Waals surface area contributed by atoms with Gasteiger partial charge in [-0.2, -0.15) is 0 Å². The van der Waals surface area contributed by atoms with Gasteiger partial charge in [-0.25, -0.2) is 17.7 Å². The first kappa shape index (κ1) is 18.1. The Hall–Kier alpha value is -2.22. The molecule has 1 aromatic carbocycles. The fourth-order valence-corrected chi connectivity index (χ4v) is 2.76. The maximum absolute atomic E-state index is 12.0. The van der Waals surface area contributed by atoms with Crippen molar-refractivity contribution in [1.29, 1.82) is 0 Å². The Morgan fingerprint density at radius 2 is 1.83 bits per heavy atom. The van der Waals surface area contributed by atoms with E-state index >= 15 is 0 Å². The van der Waals surface area contributed by atoms with Crippen LogP contribution < -0.4 is 5.32 Å². The van der Waals surface area contributed by atoms with E-state index in [1.54, 1.807) is 30.3 Å². The predicted octanol–water partition coefficient (Wildman–Crippen LogP) is 2.64. The Balaban J connectivity index is 2.04. The highest BCUT2D eigenvalue weighted by Crippen LogP contribution is 2.15. The minimum Gasteiger partial charge on any atom is -0.307 e. The van der Waals surface area contributed by atoms with Gasteiger partial charge < -0.3 is 5.32 Å². The number of carbonyl (C=O) groups is 1. The zero-order valence-corrected chi connectivity index (χ0v) is 14.7. The van der Waals surface area contributed by atoms with Crippen LogP contribution in [0, 0.1) is 0 Å². The number of sulfonamides is 1. The maximum atomic E-state index is 12.0. The van der Waals surface area contributed by atoms with Gasteiger partial charge in [-0.15, -0.1) is 0 Å². The first-order chi connectivity index (χ1) is 11.3. The topological polar surface area (TPSA) is 79.4 Å². The Morgan fingerprint density at radius 1 is 1.17 bits per heavy atom. The molecule has 0 unspecified atom stereocenters. The highest BCUT2D eigenvalue weighted by atomic mass is 35.5. The molecule has 1 amide bonds. The first-order valence-electron chi connectivity index (χ1n) is 6.92. The molecule has 1 N–H and O–H groups in total. The van der Waals surface area contributed by atoms with Gasteiger partial charge in [0.1, 0.15) is 5.82 Å². The minimum atomic E-state index is -3.46. The van der Waals surface area contributed by atoms with Crippen LogP contribution in [0.3, 0.4) is 0 Å². The molecule has 2 aromatic rings. The molecule has 0 atom stereocenters. The smallest absolute Gasteiger partial charge is 0.249 e. The quantitative estimate of drug-likeness (QED) is 0.826. The van der Waals surface area contributed by atoms with Crippen LogP contribution in [0.15, 0.2) is 53.6 Å². The summed E-state index contributed by atoms with van der Waals surface area (Å²) in [6.07, 6.45) is 4.36. The molecular weight excluding hydrogens is 350 g/mol. The van der Waals surface area contributed by atoms with E-state index in [0.29, 0.717) is 16.4 Å². The molecule has 0 aliphatic carbocycles. The molecule has 1 heterocycles. The average Bonchev–Trinajstić information content (AvgIpc) is 2.55. The van der Waals surface area contributed by atoms with Crippen molar-refractivity contribution < 1.29 is 13.2 Å². The molecule has 0 spiro atoms. The van der Waals surface area contributed by atoms with Gasteiger partial charge in [0.15, 0.2) is 0 Å². The summed E-state index contributed by atoms with van der Waals surface area (Å²) in [4.78, 5) is 16.0. The lowest BCUT2D eigenvalue weighted by Crippen LogP contribution is -2.22. The number of anilines is 1. The Kier molecular flexibility index (Phi) is 5.71. The monoisotopic (exact) mass is 365 g/mol. The highest BCUT2D eigenvalue weighted by molar-refractivity contribution is 7.89. The third kappa shape index (κ3) is 4.64. The molecule has 2 rings (SSSR count). The van der Waals surface area contributed by atoms with Crippen molar-refractivity contribution in [2.24, 2.45) is 0 Å². The van der Waals surface area contributed by atoms with Gasteiger partial charge in [-0.3, -0.25) is 4.79 Å². The molecular formula is C16H16ClN3O3S. The van der Waals surface area contributed by atoms with Crippen molar-refractivity contribution in [3.8, 4) is 0 Å². The third-order valence-corrected chi connectivity index (χ3v) is 5.12. The number of halogens is 1. The maximum Gasteiger partial charge on any atom is 0.249 e. The number of hydrogen-bond donors (Lipinski definition) is 1. The van der Waals surface area contributed by atoms with Gasteiger partial charge in [-0.05, 0) is 35.9 Å².